The van der Waals surface area contributed by atoms with Crippen molar-refractivity contribution in [3.8, 4) is 12.3 Å². The average molecular weight is 182 g/mol. The molecule has 0 spiro atoms. The number of terminal acetylenes is 1. The number of carbonyl (C=O) groups is 1. The summed E-state index contributed by atoms with van der Waals surface area (Å²) in [5, 5.41) is 0. The predicted octanol–water partition coefficient (Wildman–Crippen LogP) is 2.38. The van der Waals surface area contributed by atoms with E-state index < -0.39 is 5.60 Å². The molecule has 0 bridgehead atoms. The lowest BCUT2D eigenvalue weighted by Crippen LogP contribution is -2.32. The first-order chi connectivity index (χ1) is 5.68. The molecule has 0 rings (SSSR count). The summed E-state index contributed by atoms with van der Waals surface area (Å²) >= 11 is 0. The van der Waals surface area contributed by atoms with Gasteiger partial charge in [-0.2, -0.15) is 0 Å². The number of ether oxygens (including phenoxy) is 1. The summed E-state index contributed by atoms with van der Waals surface area (Å²) in [6.45, 7) is 9.06. The largest absolute Gasteiger partial charge is 0.460 e. The second kappa shape index (κ2) is 3.83. The van der Waals surface area contributed by atoms with Crippen LogP contribution < -0.4 is 0 Å². The van der Waals surface area contributed by atoms with E-state index in [1.807, 2.05) is 27.7 Å². The highest BCUT2D eigenvalue weighted by atomic mass is 16.6. The smallest absolute Gasteiger partial charge is 0.303 e. The SMILES string of the molecule is C#CC(C)(C)CC(C)(C)OC(C)=O. The van der Waals surface area contributed by atoms with E-state index >= 15 is 0 Å². The number of esters is 1. The van der Waals surface area contributed by atoms with Crippen molar-refractivity contribution in [2.24, 2.45) is 5.41 Å². The van der Waals surface area contributed by atoms with E-state index in [4.69, 9.17) is 11.2 Å². The summed E-state index contributed by atoms with van der Waals surface area (Å²) in [5.74, 6) is 2.41. The van der Waals surface area contributed by atoms with Crippen LogP contribution in [0.15, 0.2) is 0 Å². The molecule has 74 valence electrons. The Morgan fingerprint density at radius 2 is 1.85 bits per heavy atom. The lowest BCUT2D eigenvalue weighted by molar-refractivity contribution is -0.155. The maximum Gasteiger partial charge on any atom is 0.303 e. The van der Waals surface area contributed by atoms with Crippen molar-refractivity contribution < 1.29 is 9.53 Å². The molecule has 2 nitrogen and oxygen atoms in total. The zero-order valence-corrected chi connectivity index (χ0v) is 9.10. The van der Waals surface area contributed by atoms with Gasteiger partial charge >= 0.3 is 5.97 Å². The number of carbonyl (C=O) groups excluding carboxylic acids is 1. The van der Waals surface area contributed by atoms with Gasteiger partial charge in [0.15, 0.2) is 0 Å². The van der Waals surface area contributed by atoms with Crippen molar-refractivity contribution in [1.82, 2.24) is 0 Å². The number of hydrogen-bond acceptors (Lipinski definition) is 2. The van der Waals surface area contributed by atoms with E-state index in [1.54, 1.807) is 0 Å². The standard InChI is InChI=1S/C11H18O2/c1-7-10(3,4)8-11(5,6)13-9(2)12/h1H,8H2,2-6H3. The van der Waals surface area contributed by atoms with Gasteiger partial charge in [0.25, 0.3) is 0 Å². The lowest BCUT2D eigenvalue weighted by atomic mass is 9.82. The van der Waals surface area contributed by atoms with E-state index in [9.17, 15) is 4.79 Å². The van der Waals surface area contributed by atoms with Gasteiger partial charge in [-0.05, 0) is 27.7 Å². The second-order valence-corrected chi connectivity index (χ2v) is 4.56. The van der Waals surface area contributed by atoms with E-state index in [0.29, 0.717) is 6.42 Å². The highest BCUT2D eigenvalue weighted by molar-refractivity contribution is 5.66. The maximum atomic E-state index is 10.8. The van der Waals surface area contributed by atoms with Crippen LogP contribution in [0.5, 0.6) is 0 Å². The fourth-order valence-electron chi connectivity index (χ4n) is 1.54. The first-order valence-electron chi connectivity index (χ1n) is 4.36. The van der Waals surface area contributed by atoms with E-state index in [0.717, 1.165) is 0 Å². The molecule has 0 amide bonds. The van der Waals surface area contributed by atoms with Crippen LogP contribution in [0.3, 0.4) is 0 Å². The fraction of sp³-hybridized carbons (Fsp3) is 0.727. The van der Waals surface area contributed by atoms with Crippen molar-refractivity contribution in [2.45, 2.75) is 46.6 Å². The third-order valence-corrected chi connectivity index (χ3v) is 1.68. The van der Waals surface area contributed by atoms with E-state index in [-0.39, 0.29) is 11.4 Å². The van der Waals surface area contributed by atoms with Crippen LogP contribution in [-0.4, -0.2) is 11.6 Å². The lowest BCUT2D eigenvalue weighted by Gasteiger charge is -2.30. The van der Waals surface area contributed by atoms with Crippen LogP contribution >= 0.6 is 0 Å². The summed E-state index contributed by atoms with van der Waals surface area (Å²) in [4.78, 5) is 10.8. The van der Waals surface area contributed by atoms with Crippen molar-refractivity contribution in [3.05, 3.63) is 0 Å². The van der Waals surface area contributed by atoms with Crippen LogP contribution in [0.1, 0.15) is 41.0 Å². The predicted molar refractivity (Wildman–Crippen MR) is 53.1 cm³/mol. The molecule has 13 heavy (non-hydrogen) atoms. The van der Waals surface area contributed by atoms with Crippen LogP contribution in [0.4, 0.5) is 0 Å². The van der Waals surface area contributed by atoms with E-state index in [1.165, 1.54) is 6.92 Å². The Labute approximate surface area is 80.7 Å². The van der Waals surface area contributed by atoms with E-state index in [2.05, 4.69) is 5.92 Å². The van der Waals surface area contributed by atoms with Crippen molar-refractivity contribution in [1.29, 1.82) is 0 Å². The Kier molecular flexibility index (Phi) is 3.54. The molecular formula is C11H18O2. The van der Waals surface area contributed by atoms with Gasteiger partial charge in [0.2, 0.25) is 0 Å². The molecule has 0 saturated carbocycles. The molecule has 0 aromatic rings. The fourth-order valence-corrected chi connectivity index (χ4v) is 1.54. The minimum Gasteiger partial charge on any atom is -0.460 e. The Bertz CT molecular complexity index is 231. The first-order valence-corrected chi connectivity index (χ1v) is 4.36. The van der Waals surface area contributed by atoms with Crippen molar-refractivity contribution >= 4 is 5.97 Å². The van der Waals surface area contributed by atoms with Gasteiger partial charge < -0.3 is 4.74 Å². The Balaban J connectivity index is 4.35. The molecule has 0 heterocycles. The molecule has 0 atom stereocenters. The second-order valence-electron chi connectivity index (χ2n) is 4.56. The quantitative estimate of drug-likeness (QED) is 0.495. The molecule has 0 aliphatic rings. The van der Waals surface area contributed by atoms with Gasteiger partial charge in [0.1, 0.15) is 5.60 Å². The van der Waals surface area contributed by atoms with Gasteiger partial charge in [-0.3, -0.25) is 4.79 Å². The average Bonchev–Trinajstić information content (AvgIpc) is 1.81. The molecule has 0 N–H and O–H groups in total. The molecule has 0 radical (unpaired) electrons. The highest BCUT2D eigenvalue weighted by Crippen LogP contribution is 2.29. The van der Waals surface area contributed by atoms with Gasteiger partial charge in [-0.1, -0.05) is 0 Å². The molecule has 0 saturated heterocycles. The third kappa shape index (κ3) is 5.30. The Hall–Kier alpha value is -0.970. The monoisotopic (exact) mass is 182 g/mol. The summed E-state index contributed by atoms with van der Waals surface area (Å²) in [6.07, 6.45) is 6.02. The summed E-state index contributed by atoms with van der Waals surface area (Å²) in [6, 6.07) is 0. The van der Waals surface area contributed by atoms with Crippen LogP contribution in [0.2, 0.25) is 0 Å². The molecule has 0 aromatic heterocycles. The minimum atomic E-state index is -0.484. The van der Waals surface area contributed by atoms with Gasteiger partial charge in [-0.25, -0.2) is 0 Å². The number of hydrogen-bond donors (Lipinski definition) is 0. The van der Waals surface area contributed by atoms with Crippen LogP contribution in [-0.2, 0) is 9.53 Å². The third-order valence-electron chi connectivity index (χ3n) is 1.68. The van der Waals surface area contributed by atoms with Crippen molar-refractivity contribution in [3.63, 3.8) is 0 Å². The zero-order chi connectivity index (χ0) is 10.7. The molecule has 0 aromatic carbocycles. The molecular weight excluding hydrogens is 164 g/mol. The highest BCUT2D eigenvalue weighted by Gasteiger charge is 2.29. The van der Waals surface area contributed by atoms with Gasteiger partial charge in [0.05, 0.1) is 0 Å². The minimum absolute atomic E-state index is 0.237. The number of rotatable bonds is 3. The summed E-state index contributed by atoms with van der Waals surface area (Å²) in [5.41, 5.74) is -0.722. The first kappa shape index (κ1) is 12.0. The molecule has 0 fully saturated rings. The van der Waals surface area contributed by atoms with Gasteiger partial charge in [-0.15, -0.1) is 12.3 Å². The van der Waals surface area contributed by atoms with Crippen LogP contribution in [0, 0.1) is 17.8 Å². The van der Waals surface area contributed by atoms with Crippen molar-refractivity contribution in [2.75, 3.05) is 0 Å². The Morgan fingerprint density at radius 3 is 2.15 bits per heavy atom. The topological polar surface area (TPSA) is 26.3 Å². The normalized spacial score (nSPS) is 12.0. The van der Waals surface area contributed by atoms with Gasteiger partial charge in [0, 0.05) is 18.8 Å². The summed E-state index contributed by atoms with van der Waals surface area (Å²) < 4.78 is 5.14. The molecule has 0 aliphatic carbocycles. The molecule has 0 unspecified atom stereocenters. The summed E-state index contributed by atoms with van der Waals surface area (Å²) in [7, 11) is 0. The molecule has 0 aliphatic heterocycles. The molecule has 2 heteroatoms. The maximum absolute atomic E-state index is 10.8. The zero-order valence-electron chi connectivity index (χ0n) is 9.10. The Morgan fingerprint density at radius 1 is 1.38 bits per heavy atom. The van der Waals surface area contributed by atoms with Crippen LogP contribution in [0.25, 0.3) is 0 Å².